The number of nitrogens with zero attached hydrogens (tertiary/aromatic N) is 1. The van der Waals surface area contributed by atoms with Gasteiger partial charge in [0.15, 0.2) is 0 Å². The number of hydrogen-bond donors (Lipinski definition) is 1. The van der Waals surface area contributed by atoms with E-state index < -0.39 is 0 Å². The van der Waals surface area contributed by atoms with E-state index in [0.717, 1.165) is 42.6 Å². The van der Waals surface area contributed by atoms with Gasteiger partial charge in [-0.1, -0.05) is 17.7 Å². The van der Waals surface area contributed by atoms with Gasteiger partial charge in [0.2, 0.25) is 0 Å². The molecule has 1 aromatic rings. The number of anilines is 1. The Hall–Kier alpha value is -0.770. The van der Waals surface area contributed by atoms with Gasteiger partial charge in [-0.2, -0.15) is 0 Å². The van der Waals surface area contributed by atoms with Crippen molar-refractivity contribution in [3.8, 4) is 0 Å². The Bertz CT molecular complexity index is 378. The minimum atomic E-state index is 0.397. The summed E-state index contributed by atoms with van der Waals surface area (Å²) in [5.74, 6) is 0. The molecule has 0 bridgehead atoms. The van der Waals surface area contributed by atoms with Crippen LogP contribution in [0.1, 0.15) is 5.56 Å². The molecule has 1 N–H and O–H groups in total. The van der Waals surface area contributed by atoms with Crippen molar-refractivity contribution in [2.75, 3.05) is 38.3 Å². The number of ether oxygens (including phenoxy) is 1. The molecule has 2 rings (SSSR count). The van der Waals surface area contributed by atoms with Crippen molar-refractivity contribution in [1.82, 2.24) is 5.32 Å². The highest BCUT2D eigenvalue weighted by Crippen LogP contribution is 2.22. The largest absolute Gasteiger partial charge is 0.378 e. The predicted molar refractivity (Wildman–Crippen MR) is 72.1 cm³/mol. The second-order valence-corrected chi connectivity index (χ2v) is 4.95. The summed E-state index contributed by atoms with van der Waals surface area (Å²) >= 11 is 6.13. The first kappa shape index (κ1) is 12.7. The molecule has 1 atom stereocenters. The maximum absolute atomic E-state index is 6.13. The molecule has 17 heavy (non-hydrogen) atoms. The highest BCUT2D eigenvalue weighted by atomic mass is 35.5. The third kappa shape index (κ3) is 3.35. The lowest BCUT2D eigenvalue weighted by Gasteiger charge is -2.29. The summed E-state index contributed by atoms with van der Waals surface area (Å²) in [5, 5.41) is 4.27. The van der Waals surface area contributed by atoms with E-state index in [9.17, 15) is 0 Å². The number of hydrogen-bond acceptors (Lipinski definition) is 3. The number of nitrogens with one attached hydrogen (secondary N) is 1. The van der Waals surface area contributed by atoms with Crippen LogP contribution in [0.4, 0.5) is 5.69 Å². The summed E-state index contributed by atoms with van der Waals surface area (Å²) in [6.45, 7) is 5.48. The van der Waals surface area contributed by atoms with E-state index in [1.54, 1.807) is 0 Å². The molecule has 1 unspecified atom stereocenters. The normalized spacial score (nSPS) is 20.3. The molecule has 0 aromatic heterocycles. The van der Waals surface area contributed by atoms with Crippen molar-refractivity contribution in [2.24, 2.45) is 0 Å². The molecule has 3 nitrogen and oxygen atoms in total. The quantitative estimate of drug-likeness (QED) is 0.894. The summed E-state index contributed by atoms with van der Waals surface area (Å²) in [4.78, 5) is 2.21. The summed E-state index contributed by atoms with van der Waals surface area (Å²) in [7, 11) is 2.08. The van der Waals surface area contributed by atoms with E-state index >= 15 is 0 Å². The molecular formula is C13H19ClN2O. The molecule has 0 aliphatic carbocycles. The lowest BCUT2D eigenvalue weighted by Crippen LogP contribution is -2.47. The van der Waals surface area contributed by atoms with Gasteiger partial charge in [-0.05, 0) is 24.6 Å². The van der Waals surface area contributed by atoms with Crippen molar-refractivity contribution < 1.29 is 4.74 Å². The van der Waals surface area contributed by atoms with Crippen molar-refractivity contribution in [2.45, 2.75) is 13.0 Å². The fourth-order valence-electron chi connectivity index (χ4n) is 1.99. The van der Waals surface area contributed by atoms with Crippen LogP contribution < -0.4 is 10.2 Å². The van der Waals surface area contributed by atoms with Gasteiger partial charge in [0, 0.05) is 36.9 Å². The fourth-order valence-corrected chi connectivity index (χ4v) is 2.17. The topological polar surface area (TPSA) is 24.5 Å². The average molecular weight is 255 g/mol. The van der Waals surface area contributed by atoms with Gasteiger partial charge >= 0.3 is 0 Å². The van der Waals surface area contributed by atoms with Crippen LogP contribution in [0.25, 0.3) is 0 Å². The van der Waals surface area contributed by atoms with Gasteiger partial charge in [-0.15, -0.1) is 0 Å². The second kappa shape index (κ2) is 5.71. The van der Waals surface area contributed by atoms with Gasteiger partial charge in [0.25, 0.3) is 0 Å². The van der Waals surface area contributed by atoms with Crippen LogP contribution in [0.3, 0.4) is 0 Å². The summed E-state index contributed by atoms with van der Waals surface area (Å²) in [6, 6.07) is 6.57. The Morgan fingerprint density at radius 1 is 1.53 bits per heavy atom. The van der Waals surface area contributed by atoms with Gasteiger partial charge in [0.05, 0.1) is 13.2 Å². The molecular weight excluding hydrogens is 236 g/mol. The van der Waals surface area contributed by atoms with Gasteiger partial charge in [-0.3, -0.25) is 0 Å². The molecule has 1 fully saturated rings. The zero-order valence-corrected chi connectivity index (χ0v) is 11.1. The molecule has 0 saturated carbocycles. The second-order valence-electron chi connectivity index (χ2n) is 4.54. The smallest absolute Gasteiger partial charge is 0.0637 e. The third-order valence-electron chi connectivity index (χ3n) is 3.09. The van der Waals surface area contributed by atoms with E-state index in [-0.39, 0.29) is 0 Å². The molecule has 1 heterocycles. The van der Waals surface area contributed by atoms with E-state index in [0.29, 0.717) is 6.04 Å². The Balaban J connectivity index is 1.98. The fraction of sp³-hybridized carbons (Fsp3) is 0.538. The highest BCUT2D eigenvalue weighted by molar-refractivity contribution is 6.31. The van der Waals surface area contributed by atoms with Crippen LogP contribution in [0.15, 0.2) is 18.2 Å². The number of aryl methyl sites for hydroxylation is 1. The zero-order valence-electron chi connectivity index (χ0n) is 10.4. The molecule has 1 aromatic carbocycles. The molecule has 0 radical (unpaired) electrons. The molecule has 4 heteroatoms. The van der Waals surface area contributed by atoms with E-state index in [4.69, 9.17) is 16.3 Å². The minimum Gasteiger partial charge on any atom is -0.378 e. The van der Waals surface area contributed by atoms with E-state index in [1.807, 2.05) is 13.0 Å². The summed E-state index contributed by atoms with van der Waals surface area (Å²) < 4.78 is 5.45. The predicted octanol–water partition coefficient (Wildman–Crippen LogP) is 2.07. The Kier molecular flexibility index (Phi) is 4.26. The molecule has 0 amide bonds. The van der Waals surface area contributed by atoms with Crippen LogP contribution in [0.5, 0.6) is 0 Å². The molecule has 94 valence electrons. The zero-order chi connectivity index (χ0) is 12.3. The number of benzene rings is 1. The average Bonchev–Trinajstić information content (AvgIpc) is 2.34. The lowest BCUT2D eigenvalue weighted by molar-refractivity contribution is 0.0791. The number of halogens is 1. The maximum atomic E-state index is 6.13. The van der Waals surface area contributed by atoms with Crippen molar-refractivity contribution in [3.63, 3.8) is 0 Å². The van der Waals surface area contributed by atoms with Crippen LogP contribution >= 0.6 is 11.6 Å². The Labute approximate surface area is 108 Å². The number of rotatable bonds is 3. The van der Waals surface area contributed by atoms with Crippen molar-refractivity contribution in [3.05, 3.63) is 28.8 Å². The highest BCUT2D eigenvalue weighted by Gasteiger charge is 2.15. The molecule has 1 aliphatic heterocycles. The minimum absolute atomic E-state index is 0.397. The van der Waals surface area contributed by atoms with Crippen LogP contribution in [0.2, 0.25) is 5.02 Å². The first-order valence-electron chi connectivity index (χ1n) is 5.95. The van der Waals surface area contributed by atoms with Gasteiger partial charge < -0.3 is 15.0 Å². The van der Waals surface area contributed by atoms with Gasteiger partial charge in [0.1, 0.15) is 0 Å². The van der Waals surface area contributed by atoms with Gasteiger partial charge in [-0.25, -0.2) is 0 Å². The molecule has 1 aliphatic rings. The Morgan fingerprint density at radius 3 is 3.00 bits per heavy atom. The number of likely N-dealkylation sites (N-methyl/N-ethyl adjacent to an activating group) is 1. The van der Waals surface area contributed by atoms with Crippen LogP contribution in [-0.2, 0) is 4.74 Å². The van der Waals surface area contributed by atoms with Crippen molar-refractivity contribution in [1.29, 1.82) is 0 Å². The molecule has 1 saturated heterocycles. The standard InChI is InChI=1S/C13H19ClN2O/c1-10-3-4-12(7-13(10)14)16(2)8-11-9-17-6-5-15-11/h3-4,7,11,15H,5-6,8-9H2,1-2H3. The van der Waals surface area contributed by atoms with Crippen molar-refractivity contribution >= 4 is 17.3 Å². The van der Waals surface area contributed by atoms with E-state index in [2.05, 4.69) is 29.4 Å². The number of morpholine rings is 1. The summed E-state index contributed by atoms with van der Waals surface area (Å²) in [5.41, 5.74) is 2.26. The SMILES string of the molecule is Cc1ccc(N(C)CC2COCCN2)cc1Cl. The van der Waals surface area contributed by atoms with E-state index in [1.165, 1.54) is 0 Å². The lowest BCUT2D eigenvalue weighted by atomic mass is 10.2. The Morgan fingerprint density at radius 2 is 2.35 bits per heavy atom. The van der Waals surface area contributed by atoms with Crippen LogP contribution in [-0.4, -0.2) is 39.4 Å². The first-order valence-corrected chi connectivity index (χ1v) is 6.33. The third-order valence-corrected chi connectivity index (χ3v) is 3.50. The summed E-state index contributed by atoms with van der Waals surface area (Å²) in [6.07, 6.45) is 0. The monoisotopic (exact) mass is 254 g/mol. The first-order chi connectivity index (χ1) is 8.16. The maximum Gasteiger partial charge on any atom is 0.0637 e. The van der Waals surface area contributed by atoms with Crippen LogP contribution in [0, 0.1) is 6.92 Å². The molecule has 0 spiro atoms.